The molecule has 1 aliphatic rings. The van der Waals surface area contributed by atoms with Gasteiger partial charge in [0.15, 0.2) is 0 Å². The predicted octanol–water partition coefficient (Wildman–Crippen LogP) is 4.47. The maximum atomic E-state index is 13.1. The molecule has 5 heteroatoms. The van der Waals surface area contributed by atoms with E-state index in [0.29, 0.717) is 6.61 Å². The van der Waals surface area contributed by atoms with Crippen LogP contribution in [0.2, 0.25) is 0 Å². The predicted molar refractivity (Wildman–Crippen MR) is 107 cm³/mol. The van der Waals surface area contributed by atoms with Crippen LogP contribution in [-0.2, 0) is 11.3 Å². The number of pyridine rings is 1. The molecule has 1 fully saturated rings. The highest BCUT2D eigenvalue weighted by Crippen LogP contribution is 2.26. The lowest BCUT2D eigenvalue weighted by atomic mass is 10.1. The van der Waals surface area contributed by atoms with E-state index in [-0.39, 0.29) is 11.9 Å². The van der Waals surface area contributed by atoms with Crippen molar-refractivity contribution in [3.63, 3.8) is 0 Å². The van der Waals surface area contributed by atoms with E-state index in [2.05, 4.69) is 16.0 Å². The Morgan fingerprint density at radius 3 is 2.71 bits per heavy atom. The van der Waals surface area contributed by atoms with Gasteiger partial charge in [-0.05, 0) is 41.5 Å². The molecule has 4 nitrogen and oxygen atoms in total. The third-order valence-corrected chi connectivity index (χ3v) is 4.99. The van der Waals surface area contributed by atoms with Crippen LogP contribution in [0.15, 0.2) is 66.9 Å². The van der Waals surface area contributed by atoms with Crippen LogP contribution in [0, 0.1) is 5.82 Å². The molecule has 0 aliphatic carbocycles. The lowest BCUT2D eigenvalue weighted by molar-refractivity contribution is -0.0349. The molecule has 1 saturated heterocycles. The van der Waals surface area contributed by atoms with Crippen molar-refractivity contribution in [3.05, 3.63) is 83.9 Å². The molecular weight excluding hydrogens is 355 g/mol. The summed E-state index contributed by atoms with van der Waals surface area (Å²) in [7, 11) is 1.67. The smallest absolute Gasteiger partial charge is 0.123 e. The summed E-state index contributed by atoms with van der Waals surface area (Å²) in [4.78, 5) is 6.96. The number of ether oxygens (including phenoxy) is 2. The molecule has 0 saturated carbocycles. The van der Waals surface area contributed by atoms with Crippen LogP contribution in [0.3, 0.4) is 0 Å². The van der Waals surface area contributed by atoms with E-state index < -0.39 is 0 Å². The van der Waals surface area contributed by atoms with Crippen LogP contribution < -0.4 is 4.74 Å². The van der Waals surface area contributed by atoms with Gasteiger partial charge in [0, 0.05) is 31.4 Å². The molecule has 1 aromatic heterocycles. The lowest BCUT2D eigenvalue weighted by Gasteiger charge is -2.32. The first-order chi connectivity index (χ1) is 13.7. The van der Waals surface area contributed by atoms with Crippen molar-refractivity contribution in [2.24, 2.45) is 0 Å². The quantitative estimate of drug-likeness (QED) is 0.656. The normalized spacial score (nSPS) is 17.4. The van der Waals surface area contributed by atoms with Gasteiger partial charge in [-0.15, -0.1) is 0 Å². The molecule has 0 N–H and O–H groups in total. The summed E-state index contributed by atoms with van der Waals surface area (Å²) >= 11 is 0. The summed E-state index contributed by atoms with van der Waals surface area (Å²) < 4.78 is 24.3. The third-order valence-electron chi connectivity index (χ3n) is 4.99. The number of rotatable bonds is 5. The fraction of sp³-hybridized carbons (Fsp3) is 0.261. The van der Waals surface area contributed by atoms with Gasteiger partial charge in [0.05, 0.1) is 19.4 Å². The largest absolute Gasteiger partial charge is 0.497 e. The zero-order valence-corrected chi connectivity index (χ0v) is 15.8. The van der Waals surface area contributed by atoms with Crippen molar-refractivity contribution in [2.45, 2.75) is 12.6 Å². The summed E-state index contributed by atoms with van der Waals surface area (Å²) in [5, 5.41) is 0. The molecule has 2 aromatic carbocycles. The maximum absolute atomic E-state index is 13.1. The average Bonchev–Trinajstić information content (AvgIpc) is 2.76. The number of hydrogen-bond donors (Lipinski definition) is 0. The first-order valence-corrected chi connectivity index (χ1v) is 9.40. The first-order valence-electron chi connectivity index (χ1n) is 9.40. The zero-order chi connectivity index (χ0) is 19.3. The minimum absolute atomic E-state index is 0.0615. The number of morpholine rings is 1. The third kappa shape index (κ3) is 4.38. The molecule has 0 amide bonds. The maximum Gasteiger partial charge on any atom is 0.123 e. The fourth-order valence-corrected chi connectivity index (χ4v) is 3.44. The standard InChI is InChI=1S/C23H23FN2O2/c1-27-21-4-2-3-18(13-21)19-7-10-22(25-14-19)23-16-26(11-12-28-23)15-17-5-8-20(24)9-6-17/h2-10,13-14,23H,11-12,15-16H2,1H3/t23-/m0/s1. The van der Waals surface area contributed by atoms with Gasteiger partial charge in [0.2, 0.25) is 0 Å². The number of hydrogen-bond acceptors (Lipinski definition) is 4. The summed E-state index contributed by atoms with van der Waals surface area (Å²) in [6.07, 6.45) is 1.82. The molecule has 0 radical (unpaired) electrons. The SMILES string of the molecule is COc1cccc(-c2ccc([C@@H]3CN(Cc4ccc(F)cc4)CCO3)nc2)c1. The summed E-state index contributed by atoms with van der Waals surface area (Å²) in [5.41, 5.74) is 4.14. The van der Waals surface area contributed by atoms with E-state index in [1.54, 1.807) is 7.11 Å². The van der Waals surface area contributed by atoms with Gasteiger partial charge in [0.25, 0.3) is 0 Å². The highest BCUT2D eigenvalue weighted by Gasteiger charge is 2.23. The Morgan fingerprint density at radius 2 is 1.96 bits per heavy atom. The molecule has 1 aliphatic heterocycles. The number of halogens is 1. The van der Waals surface area contributed by atoms with Gasteiger partial charge < -0.3 is 9.47 Å². The van der Waals surface area contributed by atoms with E-state index >= 15 is 0 Å². The molecule has 2 heterocycles. The van der Waals surface area contributed by atoms with E-state index in [4.69, 9.17) is 9.47 Å². The Morgan fingerprint density at radius 1 is 1.11 bits per heavy atom. The summed E-state index contributed by atoms with van der Waals surface area (Å²) in [5.74, 6) is 0.623. The molecule has 144 valence electrons. The Bertz CT molecular complexity index is 913. The average molecular weight is 378 g/mol. The van der Waals surface area contributed by atoms with Crippen molar-refractivity contribution in [3.8, 4) is 16.9 Å². The van der Waals surface area contributed by atoms with E-state index in [1.165, 1.54) is 12.1 Å². The van der Waals surface area contributed by atoms with Crippen LogP contribution in [0.25, 0.3) is 11.1 Å². The second-order valence-electron chi connectivity index (χ2n) is 6.92. The Balaban J connectivity index is 1.44. The van der Waals surface area contributed by atoms with Crippen LogP contribution in [0.1, 0.15) is 17.4 Å². The fourth-order valence-electron chi connectivity index (χ4n) is 3.44. The van der Waals surface area contributed by atoms with Crippen LogP contribution in [0.4, 0.5) is 4.39 Å². The van der Waals surface area contributed by atoms with Gasteiger partial charge >= 0.3 is 0 Å². The molecular formula is C23H23FN2O2. The molecule has 3 aromatic rings. The monoisotopic (exact) mass is 378 g/mol. The van der Waals surface area contributed by atoms with Gasteiger partial charge in [-0.3, -0.25) is 9.88 Å². The summed E-state index contributed by atoms with van der Waals surface area (Å²) in [6, 6.07) is 18.7. The zero-order valence-electron chi connectivity index (χ0n) is 15.8. The van der Waals surface area contributed by atoms with Crippen molar-refractivity contribution in [1.29, 1.82) is 0 Å². The number of nitrogens with zero attached hydrogens (tertiary/aromatic N) is 2. The Labute approximate surface area is 164 Å². The van der Waals surface area contributed by atoms with Crippen LogP contribution in [-0.4, -0.2) is 36.7 Å². The highest BCUT2D eigenvalue weighted by atomic mass is 19.1. The molecule has 0 bridgehead atoms. The van der Waals surface area contributed by atoms with Crippen molar-refractivity contribution in [2.75, 3.05) is 26.8 Å². The van der Waals surface area contributed by atoms with Gasteiger partial charge in [-0.2, -0.15) is 0 Å². The first kappa shape index (κ1) is 18.6. The number of aromatic nitrogens is 1. The Kier molecular flexibility index (Phi) is 5.65. The van der Waals surface area contributed by atoms with Crippen molar-refractivity contribution < 1.29 is 13.9 Å². The molecule has 4 rings (SSSR count). The minimum atomic E-state index is -0.205. The van der Waals surface area contributed by atoms with Gasteiger partial charge in [-0.25, -0.2) is 4.39 Å². The Hall–Kier alpha value is -2.76. The molecule has 0 spiro atoms. The van der Waals surface area contributed by atoms with E-state index in [9.17, 15) is 4.39 Å². The summed E-state index contributed by atoms with van der Waals surface area (Å²) in [6.45, 7) is 3.06. The van der Waals surface area contributed by atoms with E-state index in [0.717, 1.165) is 47.8 Å². The van der Waals surface area contributed by atoms with Crippen LogP contribution in [0.5, 0.6) is 5.75 Å². The molecule has 1 atom stereocenters. The van der Waals surface area contributed by atoms with Crippen LogP contribution >= 0.6 is 0 Å². The van der Waals surface area contributed by atoms with Gasteiger partial charge in [-0.1, -0.05) is 30.3 Å². The topological polar surface area (TPSA) is 34.6 Å². The molecule has 0 unspecified atom stereocenters. The molecule has 28 heavy (non-hydrogen) atoms. The van der Waals surface area contributed by atoms with Crippen molar-refractivity contribution in [1.82, 2.24) is 9.88 Å². The number of benzene rings is 2. The highest BCUT2D eigenvalue weighted by molar-refractivity contribution is 5.64. The van der Waals surface area contributed by atoms with E-state index in [1.807, 2.05) is 48.7 Å². The van der Waals surface area contributed by atoms with Crippen molar-refractivity contribution >= 4 is 0 Å². The number of methoxy groups -OCH3 is 1. The minimum Gasteiger partial charge on any atom is -0.497 e. The second-order valence-corrected chi connectivity index (χ2v) is 6.92. The van der Waals surface area contributed by atoms with Gasteiger partial charge in [0.1, 0.15) is 17.7 Å². The second kappa shape index (κ2) is 8.50. The lowest BCUT2D eigenvalue weighted by Crippen LogP contribution is -2.38.